The maximum Gasteiger partial charge on any atom is 0.434 e. The predicted octanol–water partition coefficient (Wildman–Crippen LogP) is 5.41. The van der Waals surface area contributed by atoms with Crippen molar-refractivity contribution in [3.63, 3.8) is 0 Å². The van der Waals surface area contributed by atoms with Crippen molar-refractivity contribution in [1.29, 1.82) is 0 Å². The molecule has 0 radical (unpaired) electrons. The van der Waals surface area contributed by atoms with Gasteiger partial charge in [0.1, 0.15) is 11.9 Å². The van der Waals surface area contributed by atoms with E-state index in [0.717, 1.165) is 10.9 Å². The Balaban J connectivity index is 1.35. The molecule has 6 nitrogen and oxygen atoms in total. The van der Waals surface area contributed by atoms with Crippen molar-refractivity contribution in [2.24, 2.45) is 0 Å². The third-order valence-electron chi connectivity index (χ3n) is 5.48. The van der Waals surface area contributed by atoms with E-state index in [1.165, 1.54) is 4.90 Å². The average molecular weight is 490 g/mol. The summed E-state index contributed by atoms with van der Waals surface area (Å²) >= 11 is 0.700. The first kappa shape index (κ1) is 23.7. The summed E-state index contributed by atoms with van der Waals surface area (Å²) in [5.41, 5.74) is 1.00. The van der Waals surface area contributed by atoms with E-state index in [9.17, 15) is 22.8 Å². The van der Waals surface area contributed by atoms with Gasteiger partial charge < -0.3 is 15.0 Å². The molecule has 0 spiro atoms. The number of carbonyl (C=O) groups is 2. The lowest BCUT2D eigenvalue weighted by Gasteiger charge is -2.32. The largest absolute Gasteiger partial charge is 0.490 e. The molecule has 10 heteroatoms. The Bertz CT molecular complexity index is 1170. The Hall–Kier alpha value is -3.40. The number of thiazole rings is 1. The van der Waals surface area contributed by atoms with Crippen LogP contribution in [0, 0.1) is 6.92 Å². The van der Waals surface area contributed by atoms with E-state index >= 15 is 0 Å². The molecule has 4 rings (SSSR count). The van der Waals surface area contributed by atoms with Crippen molar-refractivity contribution in [2.75, 3.05) is 18.4 Å². The maximum absolute atomic E-state index is 12.8. The van der Waals surface area contributed by atoms with Gasteiger partial charge in [0, 0.05) is 48.6 Å². The molecule has 2 heterocycles. The standard InChI is InChI=1S/C24H22F3N3O3S/c1-15-7-8-17(28-21(31)16-5-3-2-4-6-16)13-19(15)33-18-9-11-30(12-10-18)23(32)22-29-20(14-34-22)24(25,26)27/h2-8,13-14,18H,9-12H2,1H3,(H,28,31). The molecule has 178 valence electrons. The number of rotatable bonds is 5. The lowest BCUT2D eigenvalue weighted by Crippen LogP contribution is -2.41. The quantitative estimate of drug-likeness (QED) is 0.521. The Labute approximate surface area is 198 Å². The van der Waals surface area contributed by atoms with Gasteiger partial charge in [-0.3, -0.25) is 9.59 Å². The van der Waals surface area contributed by atoms with Gasteiger partial charge in [0.15, 0.2) is 10.7 Å². The number of amides is 2. The van der Waals surface area contributed by atoms with Crippen LogP contribution in [0.4, 0.5) is 18.9 Å². The minimum atomic E-state index is -4.57. The van der Waals surface area contributed by atoms with E-state index in [-0.39, 0.29) is 17.0 Å². The van der Waals surface area contributed by atoms with Crippen molar-refractivity contribution >= 4 is 28.8 Å². The highest BCUT2D eigenvalue weighted by molar-refractivity contribution is 7.11. The number of likely N-dealkylation sites (tertiary alicyclic amines) is 1. The zero-order valence-electron chi connectivity index (χ0n) is 18.3. The molecule has 1 saturated heterocycles. The summed E-state index contributed by atoms with van der Waals surface area (Å²) in [6.07, 6.45) is -3.67. The number of nitrogens with one attached hydrogen (secondary N) is 1. The fourth-order valence-corrected chi connectivity index (χ4v) is 4.38. The molecular weight excluding hydrogens is 467 g/mol. The number of ether oxygens (including phenoxy) is 1. The lowest BCUT2D eigenvalue weighted by molar-refractivity contribution is -0.140. The van der Waals surface area contributed by atoms with Gasteiger partial charge in [0.2, 0.25) is 0 Å². The number of alkyl halides is 3. The fourth-order valence-electron chi connectivity index (χ4n) is 3.59. The number of halogens is 3. The van der Waals surface area contributed by atoms with Gasteiger partial charge in [0.25, 0.3) is 11.8 Å². The minimum absolute atomic E-state index is 0.162. The van der Waals surface area contributed by atoms with E-state index in [0.29, 0.717) is 54.3 Å². The molecule has 2 aromatic carbocycles. The zero-order valence-corrected chi connectivity index (χ0v) is 19.1. The van der Waals surface area contributed by atoms with Crippen LogP contribution in [0.15, 0.2) is 53.9 Å². The number of aromatic nitrogens is 1. The van der Waals surface area contributed by atoms with E-state index in [1.807, 2.05) is 19.1 Å². The number of benzene rings is 2. The normalized spacial score (nSPS) is 14.6. The smallest absolute Gasteiger partial charge is 0.434 e. The van der Waals surface area contributed by atoms with Crippen LogP contribution in [0.5, 0.6) is 5.75 Å². The predicted molar refractivity (Wildman–Crippen MR) is 122 cm³/mol. The monoisotopic (exact) mass is 489 g/mol. The van der Waals surface area contributed by atoms with Crippen molar-refractivity contribution in [3.05, 3.63) is 75.7 Å². The first-order valence-corrected chi connectivity index (χ1v) is 11.5. The molecular formula is C24H22F3N3O3S. The number of aryl methyl sites for hydroxylation is 1. The van der Waals surface area contributed by atoms with Gasteiger partial charge in [-0.1, -0.05) is 24.3 Å². The highest BCUT2D eigenvalue weighted by atomic mass is 32.1. The van der Waals surface area contributed by atoms with Gasteiger partial charge in [0.05, 0.1) is 0 Å². The number of piperidine rings is 1. The molecule has 1 fully saturated rings. The summed E-state index contributed by atoms with van der Waals surface area (Å²) in [5, 5.41) is 3.55. The first-order chi connectivity index (χ1) is 16.2. The van der Waals surface area contributed by atoms with Crippen molar-refractivity contribution < 1.29 is 27.5 Å². The number of hydrogen-bond donors (Lipinski definition) is 1. The van der Waals surface area contributed by atoms with Crippen LogP contribution in [0.1, 0.15) is 44.3 Å². The van der Waals surface area contributed by atoms with E-state index in [1.54, 1.807) is 36.4 Å². The summed E-state index contributed by atoms with van der Waals surface area (Å²) in [4.78, 5) is 29.9. The Morgan fingerprint density at radius 3 is 2.47 bits per heavy atom. The molecule has 0 saturated carbocycles. The van der Waals surface area contributed by atoms with Crippen LogP contribution >= 0.6 is 11.3 Å². The van der Waals surface area contributed by atoms with E-state index in [4.69, 9.17) is 4.74 Å². The van der Waals surface area contributed by atoms with Gasteiger partial charge >= 0.3 is 6.18 Å². The maximum atomic E-state index is 12.8. The van der Waals surface area contributed by atoms with Gasteiger partial charge in [-0.05, 0) is 30.7 Å². The van der Waals surface area contributed by atoms with Gasteiger partial charge in [-0.25, -0.2) is 4.98 Å². The number of anilines is 1. The number of carbonyl (C=O) groups excluding carboxylic acids is 2. The molecule has 1 aromatic heterocycles. The van der Waals surface area contributed by atoms with Crippen molar-refractivity contribution in [1.82, 2.24) is 9.88 Å². The van der Waals surface area contributed by atoms with Gasteiger partial charge in [-0.15, -0.1) is 11.3 Å². The average Bonchev–Trinajstić information content (AvgIpc) is 3.33. The fraction of sp³-hybridized carbons (Fsp3) is 0.292. The molecule has 1 aliphatic heterocycles. The molecule has 1 N–H and O–H groups in total. The third-order valence-corrected chi connectivity index (χ3v) is 6.31. The van der Waals surface area contributed by atoms with Crippen LogP contribution in [0.25, 0.3) is 0 Å². The first-order valence-electron chi connectivity index (χ1n) is 10.7. The second kappa shape index (κ2) is 9.84. The van der Waals surface area contributed by atoms with Crippen LogP contribution in [0.2, 0.25) is 0 Å². The van der Waals surface area contributed by atoms with Crippen molar-refractivity contribution in [3.8, 4) is 5.75 Å². The molecule has 0 unspecified atom stereocenters. The molecule has 2 amide bonds. The number of nitrogens with zero attached hydrogens (tertiary/aromatic N) is 2. The van der Waals surface area contributed by atoms with Gasteiger partial charge in [-0.2, -0.15) is 13.2 Å². The van der Waals surface area contributed by atoms with Crippen LogP contribution in [-0.2, 0) is 6.18 Å². The van der Waals surface area contributed by atoms with Crippen LogP contribution in [0.3, 0.4) is 0 Å². The summed E-state index contributed by atoms with van der Waals surface area (Å²) in [7, 11) is 0. The molecule has 1 aliphatic rings. The number of hydrogen-bond acceptors (Lipinski definition) is 5. The third kappa shape index (κ3) is 5.56. The second-order valence-electron chi connectivity index (χ2n) is 7.95. The van der Waals surface area contributed by atoms with E-state index < -0.39 is 17.8 Å². The molecule has 0 bridgehead atoms. The zero-order chi connectivity index (χ0) is 24.3. The summed E-state index contributed by atoms with van der Waals surface area (Å²) in [5.74, 6) is -0.0933. The highest BCUT2D eigenvalue weighted by Crippen LogP contribution is 2.31. The Morgan fingerprint density at radius 2 is 1.82 bits per heavy atom. The highest BCUT2D eigenvalue weighted by Gasteiger charge is 2.35. The topological polar surface area (TPSA) is 71.5 Å². The Kier molecular flexibility index (Phi) is 6.87. The van der Waals surface area contributed by atoms with Crippen molar-refractivity contribution in [2.45, 2.75) is 32.0 Å². The molecule has 3 aromatic rings. The molecule has 0 atom stereocenters. The lowest BCUT2D eigenvalue weighted by atomic mass is 10.1. The minimum Gasteiger partial charge on any atom is -0.490 e. The summed E-state index contributed by atoms with van der Waals surface area (Å²) in [6, 6.07) is 14.3. The van der Waals surface area contributed by atoms with E-state index in [2.05, 4.69) is 10.3 Å². The second-order valence-corrected chi connectivity index (χ2v) is 8.80. The summed E-state index contributed by atoms with van der Waals surface area (Å²) < 4.78 is 44.4. The Morgan fingerprint density at radius 1 is 1.12 bits per heavy atom. The molecule has 0 aliphatic carbocycles. The SMILES string of the molecule is Cc1ccc(NC(=O)c2ccccc2)cc1OC1CCN(C(=O)c2nc(C(F)(F)F)cs2)CC1. The van der Waals surface area contributed by atoms with Crippen LogP contribution in [-0.4, -0.2) is 40.9 Å². The van der Waals surface area contributed by atoms with Crippen LogP contribution < -0.4 is 10.1 Å². The summed E-state index contributed by atoms with van der Waals surface area (Å²) in [6.45, 7) is 2.61. The molecule has 34 heavy (non-hydrogen) atoms.